The number of aromatic nitrogens is 5. The fraction of sp³-hybridized carbons (Fsp3) is 0.150. The quantitative estimate of drug-likeness (QED) is 0.524. The van der Waals surface area contributed by atoms with Gasteiger partial charge < -0.3 is 10.1 Å². The van der Waals surface area contributed by atoms with E-state index in [2.05, 4.69) is 20.6 Å². The van der Waals surface area contributed by atoms with E-state index < -0.39 is 17.3 Å². The van der Waals surface area contributed by atoms with Gasteiger partial charge in [0.1, 0.15) is 24.4 Å². The Bertz CT molecular complexity index is 1270. The molecule has 0 aliphatic heterocycles. The van der Waals surface area contributed by atoms with Gasteiger partial charge in [0.05, 0.1) is 12.3 Å². The molecule has 0 saturated heterocycles. The lowest BCUT2D eigenvalue weighted by molar-refractivity contribution is -0.116. The highest BCUT2D eigenvalue weighted by molar-refractivity contribution is 5.90. The molecule has 0 atom stereocenters. The number of halogens is 1. The maximum absolute atomic E-state index is 13.5. The van der Waals surface area contributed by atoms with E-state index in [1.807, 2.05) is 6.92 Å². The predicted molar refractivity (Wildman–Crippen MR) is 107 cm³/mol. The van der Waals surface area contributed by atoms with Gasteiger partial charge in [-0.1, -0.05) is 11.3 Å². The molecule has 2 heterocycles. The van der Waals surface area contributed by atoms with Gasteiger partial charge in [0.25, 0.3) is 5.56 Å². The monoisotopic (exact) mass is 408 g/mol. The number of rotatable bonds is 6. The van der Waals surface area contributed by atoms with Crippen molar-refractivity contribution >= 4 is 22.8 Å². The summed E-state index contributed by atoms with van der Waals surface area (Å²) in [6, 6.07) is 12.6. The number of ether oxygens (including phenoxy) is 1. The zero-order valence-corrected chi connectivity index (χ0v) is 15.9. The van der Waals surface area contributed by atoms with Gasteiger partial charge in [-0.2, -0.15) is 4.68 Å². The van der Waals surface area contributed by atoms with Crippen LogP contribution >= 0.6 is 0 Å². The summed E-state index contributed by atoms with van der Waals surface area (Å²) < 4.78 is 21.2. The Morgan fingerprint density at radius 3 is 2.73 bits per heavy atom. The summed E-state index contributed by atoms with van der Waals surface area (Å²) in [7, 11) is 0. The maximum atomic E-state index is 13.5. The molecular weight excluding hydrogens is 391 g/mol. The zero-order chi connectivity index (χ0) is 21.1. The SMILES string of the molecule is CCOc1ccc(NC(=O)Cn2cnc3c(nnn3-c3cccc(F)c3)c2=O)cc1. The number of benzene rings is 2. The van der Waals surface area contributed by atoms with Crippen LogP contribution in [0.1, 0.15) is 6.92 Å². The van der Waals surface area contributed by atoms with Crippen molar-refractivity contribution in [2.75, 3.05) is 11.9 Å². The summed E-state index contributed by atoms with van der Waals surface area (Å²) in [4.78, 5) is 29.2. The number of hydrogen-bond acceptors (Lipinski definition) is 6. The highest BCUT2D eigenvalue weighted by atomic mass is 19.1. The zero-order valence-electron chi connectivity index (χ0n) is 15.9. The minimum Gasteiger partial charge on any atom is -0.494 e. The van der Waals surface area contributed by atoms with Crippen LogP contribution < -0.4 is 15.6 Å². The smallest absolute Gasteiger partial charge is 0.284 e. The number of amides is 1. The molecule has 0 fully saturated rings. The fourth-order valence-electron chi connectivity index (χ4n) is 2.89. The highest BCUT2D eigenvalue weighted by Crippen LogP contribution is 2.16. The van der Waals surface area contributed by atoms with E-state index in [9.17, 15) is 14.0 Å². The van der Waals surface area contributed by atoms with Gasteiger partial charge >= 0.3 is 0 Å². The maximum Gasteiger partial charge on any atom is 0.284 e. The molecule has 10 heteroatoms. The van der Waals surface area contributed by atoms with Gasteiger partial charge in [0.15, 0.2) is 11.2 Å². The van der Waals surface area contributed by atoms with Gasteiger partial charge in [0, 0.05) is 5.69 Å². The van der Waals surface area contributed by atoms with Crippen LogP contribution in [0.5, 0.6) is 5.75 Å². The van der Waals surface area contributed by atoms with Crippen molar-refractivity contribution < 1.29 is 13.9 Å². The number of nitrogens with one attached hydrogen (secondary N) is 1. The Morgan fingerprint density at radius 1 is 1.20 bits per heavy atom. The lowest BCUT2D eigenvalue weighted by atomic mass is 10.3. The first-order valence-electron chi connectivity index (χ1n) is 9.14. The van der Waals surface area contributed by atoms with Gasteiger partial charge in [-0.25, -0.2) is 9.37 Å². The summed E-state index contributed by atoms with van der Waals surface area (Å²) >= 11 is 0. The molecule has 0 unspecified atom stereocenters. The van der Waals surface area contributed by atoms with E-state index >= 15 is 0 Å². The van der Waals surface area contributed by atoms with Crippen LogP contribution in [-0.4, -0.2) is 37.1 Å². The van der Waals surface area contributed by atoms with Crippen molar-refractivity contribution in [1.82, 2.24) is 24.5 Å². The number of anilines is 1. The van der Waals surface area contributed by atoms with Gasteiger partial charge in [-0.15, -0.1) is 5.10 Å². The van der Waals surface area contributed by atoms with Crippen molar-refractivity contribution in [2.24, 2.45) is 0 Å². The molecule has 4 rings (SSSR count). The average molecular weight is 408 g/mol. The lowest BCUT2D eigenvalue weighted by Gasteiger charge is -2.08. The number of carbonyl (C=O) groups excluding carboxylic acids is 1. The first-order valence-corrected chi connectivity index (χ1v) is 9.14. The van der Waals surface area contributed by atoms with E-state index in [4.69, 9.17) is 4.74 Å². The molecule has 1 amide bonds. The van der Waals surface area contributed by atoms with Crippen molar-refractivity contribution in [3.63, 3.8) is 0 Å². The number of fused-ring (bicyclic) bond motifs is 1. The molecule has 1 N–H and O–H groups in total. The van der Waals surface area contributed by atoms with Gasteiger partial charge in [-0.3, -0.25) is 14.2 Å². The van der Waals surface area contributed by atoms with Gasteiger partial charge in [0.2, 0.25) is 5.91 Å². The fourth-order valence-corrected chi connectivity index (χ4v) is 2.89. The minimum atomic E-state index is -0.524. The summed E-state index contributed by atoms with van der Waals surface area (Å²) in [6.07, 6.45) is 1.24. The standard InChI is InChI=1S/C20H17FN6O3/c1-2-30-16-8-6-14(7-9-16)23-17(28)11-26-12-22-19-18(20(26)29)24-25-27(19)15-5-3-4-13(21)10-15/h3-10,12H,2,11H2,1H3,(H,23,28). The minimum absolute atomic E-state index is 0.0179. The van der Waals surface area contributed by atoms with Crippen LogP contribution in [0.4, 0.5) is 10.1 Å². The Morgan fingerprint density at radius 2 is 2.00 bits per heavy atom. The molecule has 0 bridgehead atoms. The molecule has 0 aliphatic rings. The van der Waals surface area contributed by atoms with Crippen molar-refractivity contribution in [1.29, 1.82) is 0 Å². The van der Waals surface area contributed by atoms with Crippen molar-refractivity contribution in [2.45, 2.75) is 13.5 Å². The molecule has 0 saturated carbocycles. The predicted octanol–water partition coefficient (Wildman–Crippen LogP) is 2.15. The third kappa shape index (κ3) is 3.88. The summed E-state index contributed by atoms with van der Waals surface area (Å²) in [5, 5.41) is 10.5. The normalized spacial score (nSPS) is 10.9. The number of nitrogens with zero attached hydrogens (tertiary/aromatic N) is 5. The summed E-state index contributed by atoms with van der Waals surface area (Å²) in [5.74, 6) is -0.155. The van der Waals surface area contributed by atoms with Crippen molar-refractivity contribution in [3.05, 3.63) is 71.0 Å². The Kier molecular flexibility index (Phi) is 5.21. The molecule has 0 aliphatic carbocycles. The molecular formula is C20H17FN6O3. The third-order valence-corrected chi connectivity index (χ3v) is 4.25. The second kappa shape index (κ2) is 8.11. The van der Waals surface area contributed by atoms with Crippen LogP contribution in [0.3, 0.4) is 0 Å². The molecule has 0 spiro atoms. The van der Waals surface area contributed by atoms with E-state index in [0.717, 1.165) is 4.57 Å². The van der Waals surface area contributed by atoms with E-state index in [1.54, 1.807) is 30.3 Å². The Hall–Kier alpha value is -4.08. The number of carbonyl (C=O) groups is 1. The molecule has 30 heavy (non-hydrogen) atoms. The lowest BCUT2D eigenvalue weighted by Crippen LogP contribution is -2.28. The molecule has 152 valence electrons. The summed E-state index contributed by atoms with van der Waals surface area (Å²) in [6.45, 7) is 2.19. The van der Waals surface area contributed by atoms with Crippen LogP contribution in [0, 0.1) is 5.82 Å². The molecule has 4 aromatic rings. The largest absolute Gasteiger partial charge is 0.494 e. The molecule has 2 aromatic carbocycles. The average Bonchev–Trinajstić information content (AvgIpc) is 3.17. The summed E-state index contributed by atoms with van der Waals surface area (Å²) in [5.41, 5.74) is 0.590. The van der Waals surface area contributed by atoms with Crippen LogP contribution in [0.25, 0.3) is 16.9 Å². The van der Waals surface area contributed by atoms with Crippen molar-refractivity contribution in [3.8, 4) is 11.4 Å². The van der Waals surface area contributed by atoms with E-state index in [-0.39, 0.29) is 17.7 Å². The van der Waals surface area contributed by atoms with Crippen LogP contribution in [-0.2, 0) is 11.3 Å². The Balaban J connectivity index is 1.54. The molecule has 0 radical (unpaired) electrons. The highest BCUT2D eigenvalue weighted by Gasteiger charge is 2.15. The van der Waals surface area contributed by atoms with Gasteiger partial charge in [-0.05, 0) is 49.4 Å². The first-order chi connectivity index (χ1) is 14.5. The third-order valence-electron chi connectivity index (χ3n) is 4.25. The topological polar surface area (TPSA) is 104 Å². The first kappa shape index (κ1) is 19.2. The van der Waals surface area contributed by atoms with E-state index in [1.165, 1.54) is 29.2 Å². The molecule has 2 aromatic heterocycles. The van der Waals surface area contributed by atoms with E-state index in [0.29, 0.717) is 23.7 Å². The molecule has 9 nitrogen and oxygen atoms in total. The second-order valence-corrected chi connectivity index (χ2v) is 6.34. The number of hydrogen-bond donors (Lipinski definition) is 1. The second-order valence-electron chi connectivity index (χ2n) is 6.34. The Labute approximate surface area is 169 Å². The van der Waals surface area contributed by atoms with Crippen LogP contribution in [0.15, 0.2) is 59.7 Å². The van der Waals surface area contributed by atoms with Crippen LogP contribution in [0.2, 0.25) is 0 Å².